The van der Waals surface area contributed by atoms with Gasteiger partial charge in [-0.15, -0.1) is 0 Å². The molecule has 1 heterocycles. The molecule has 1 amide bonds. The average Bonchev–Trinajstić information content (AvgIpc) is 2.88. The van der Waals surface area contributed by atoms with E-state index in [1.165, 1.54) is 51.7 Å². The highest BCUT2D eigenvalue weighted by atomic mass is 19.4. The molecule has 0 fully saturated rings. The molecule has 0 atom stereocenters. The standard InChI is InChI=1S/C24H25F3N4O6/c1-35-11-5-10-28-21(32)20-22(33)30(14-15-6-4-7-16(12-15)24(25,26)27)23(34)31(29-20)17-8-9-18(36-2)19(13-17)37-3/h4,6-9,12-13H,5,10-11,14H2,1-3H3,(H,28,32). The smallest absolute Gasteiger partial charge is 0.416 e. The van der Waals surface area contributed by atoms with Crippen LogP contribution in [0.1, 0.15) is 28.0 Å². The second kappa shape index (κ2) is 11.7. The summed E-state index contributed by atoms with van der Waals surface area (Å²) in [7, 11) is 4.29. The van der Waals surface area contributed by atoms with Crippen LogP contribution in [0.25, 0.3) is 5.69 Å². The number of methoxy groups -OCH3 is 3. The summed E-state index contributed by atoms with van der Waals surface area (Å²) in [6.07, 6.45) is -4.16. The number of amides is 1. The van der Waals surface area contributed by atoms with Crippen molar-refractivity contribution in [3.63, 3.8) is 0 Å². The summed E-state index contributed by atoms with van der Waals surface area (Å²) in [4.78, 5) is 39.3. The van der Waals surface area contributed by atoms with Gasteiger partial charge in [0.15, 0.2) is 11.5 Å². The largest absolute Gasteiger partial charge is 0.493 e. The summed E-state index contributed by atoms with van der Waals surface area (Å²) in [6, 6.07) is 8.57. The summed E-state index contributed by atoms with van der Waals surface area (Å²) in [5, 5.41) is 6.51. The number of nitrogens with zero attached hydrogens (tertiary/aromatic N) is 3. The van der Waals surface area contributed by atoms with E-state index >= 15 is 0 Å². The molecule has 198 valence electrons. The van der Waals surface area contributed by atoms with Crippen molar-refractivity contribution in [2.24, 2.45) is 0 Å². The lowest BCUT2D eigenvalue weighted by molar-refractivity contribution is -0.137. The van der Waals surface area contributed by atoms with Gasteiger partial charge in [-0.1, -0.05) is 12.1 Å². The topological polar surface area (TPSA) is 114 Å². The van der Waals surface area contributed by atoms with Crippen LogP contribution in [0.3, 0.4) is 0 Å². The minimum atomic E-state index is -4.62. The number of alkyl halides is 3. The molecule has 37 heavy (non-hydrogen) atoms. The Kier molecular flexibility index (Phi) is 8.71. The predicted octanol–water partition coefficient (Wildman–Crippen LogP) is 2.24. The summed E-state index contributed by atoms with van der Waals surface area (Å²) in [6.45, 7) is -0.00309. The number of halogens is 3. The molecule has 0 saturated heterocycles. The second-order valence-corrected chi connectivity index (χ2v) is 7.77. The van der Waals surface area contributed by atoms with E-state index in [9.17, 15) is 27.6 Å². The zero-order chi connectivity index (χ0) is 27.2. The molecular weight excluding hydrogens is 497 g/mol. The van der Waals surface area contributed by atoms with Gasteiger partial charge in [0.1, 0.15) is 0 Å². The van der Waals surface area contributed by atoms with E-state index in [1.54, 1.807) is 0 Å². The molecule has 13 heteroatoms. The van der Waals surface area contributed by atoms with E-state index in [0.717, 1.165) is 16.8 Å². The zero-order valence-corrected chi connectivity index (χ0v) is 20.3. The number of hydrogen-bond acceptors (Lipinski definition) is 7. The maximum Gasteiger partial charge on any atom is 0.416 e. The van der Waals surface area contributed by atoms with Crippen molar-refractivity contribution in [1.29, 1.82) is 0 Å². The van der Waals surface area contributed by atoms with Crippen molar-refractivity contribution >= 4 is 5.91 Å². The predicted molar refractivity (Wildman–Crippen MR) is 127 cm³/mol. The Hall–Kier alpha value is -4.13. The molecule has 0 bridgehead atoms. The SMILES string of the molecule is COCCCNC(=O)c1nn(-c2ccc(OC)c(OC)c2)c(=O)n(Cc2cccc(C(F)(F)F)c2)c1=O. The third kappa shape index (κ3) is 6.36. The van der Waals surface area contributed by atoms with Crippen molar-refractivity contribution in [3.05, 3.63) is 80.1 Å². The fourth-order valence-corrected chi connectivity index (χ4v) is 3.45. The number of hydrogen-bond donors (Lipinski definition) is 1. The Bertz CT molecular complexity index is 1380. The van der Waals surface area contributed by atoms with Crippen LogP contribution in [-0.2, 0) is 17.5 Å². The highest BCUT2D eigenvalue weighted by molar-refractivity contribution is 5.91. The van der Waals surface area contributed by atoms with E-state index in [2.05, 4.69) is 10.4 Å². The van der Waals surface area contributed by atoms with Crippen LogP contribution < -0.4 is 26.0 Å². The van der Waals surface area contributed by atoms with Gasteiger partial charge in [0.05, 0.1) is 32.0 Å². The second-order valence-electron chi connectivity index (χ2n) is 7.77. The molecule has 0 unspecified atom stereocenters. The number of carbonyl (C=O) groups is 1. The maximum atomic E-state index is 13.3. The van der Waals surface area contributed by atoms with Gasteiger partial charge < -0.3 is 19.5 Å². The van der Waals surface area contributed by atoms with E-state index in [-0.39, 0.29) is 23.5 Å². The highest BCUT2D eigenvalue weighted by Crippen LogP contribution is 2.30. The molecule has 3 aromatic rings. The van der Waals surface area contributed by atoms with Crippen LogP contribution >= 0.6 is 0 Å². The normalized spacial score (nSPS) is 11.3. The summed E-state index contributed by atoms with van der Waals surface area (Å²) in [5.41, 5.74) is -3.41. The molecule has 0 saturated carbocycles. The lowest BCUT2D eigenvalue weighted by atomic mass is 10.1. The first-order chi connectivity index (χ1) is 17.6. The Morgan fingerprint density at radius 2 is 1.76 bits per heavy atom. The van der Waals surface area contributed by atoms with Crippen LogP contribution in [-0.4, -0.2) is 54.7 Å². The van der Waals surface area contributed by atoms with Crippen molar-refractivity contribution in [3.8, 4) is 17.2 Å². The fraction of sp³-hybridized carbons (Fsp3) is 0.333. The Labute approximate surface area is 209 Å². The van der Waals surface area contributed by atoms with Crippen molar-refractivity contribution in [2.45, 2.75) is 19.1 Å². The molecule has 0 aliphatic heterocycles. The molecule has 1 aromatic heterocycles. The van der Waals surface area contributed by atoms with Crippen molar-refractivity contribution < 1.29 is 32.2 Å². The third-order valence-electron chi connectivity index (χ3n) is 5.29. The number of rotatable bonds is 10. The molecule has 2 aromatic carbocycles. The van der Waals surface area contributed by atoms with Crippen LogP contribution in [0, 0.1) is 0 Å². The van der Waals surface area contributed by atoms with Gasteiger partial charge in [-0.2, -0.15) is 23.0 Å². The van der Waals surface area contributed by atoms with Gasteiger partial charge in [-0.05, 0) is 36.2 Å². The van der Waals surface area contributed by atoms with Crippen molar-refractivity contribution in [2.75, 3.05) is 34.5 Å². The quantitative estimate of drug-likeness (QED) is 0.407. The first-order valence-corrected chi connectivity index (χ1v) is 11.0. The average molecular weight is 522 g/mol. The van der Waals surface area contributed by atoms with E-state index in [0.29, 0.717) is 23.3 Å². The highest BCUT2D eigenvalue weighted by Gasteiger charge is 2.30. The minimum Gasteiger partial charge on any atom is -0.493 e. The van der Waals surface area contributed by atoms with Gasteiger partial charge in [0.25, 0.3) is 11.5 Å². The van der Waals surface area contributed by atoms with Gasteiger partial charge in [0, 0.05) is 26.3 Å². The lowest BCUT2D eigenvalue weighted by Gasteiger charge is -2.14. The first-order valence-electron chi connectivity index (χ1n) is 11.0. The summed E-state index contributed by atoms with van der Waals surface area (Å²) in [5.74, 6) is -0.254. The Morgan fingerprint density at radius 1 is 1.03 bits per heavy atom. The summed E-state index contributed by atoms with van der Waals surface area (Å²) < 4.78 is 56.4. The Morgan fingerprint density at radius 3 is 2.41 bits per heavy atom. The zero-order valence-electron chi connectivity index (χ0n) is 20.3. The molecule has 1 N–H and O–H groups in total. The third-order valence-corrected chi connectivity index (χ3v) is 5.29. The number of ether oxygens (including phenoxy) is 3. The fourth-order valence-electron chi connectivity index (χ4n) is 3.45. The molecule has 0 spiro atoms. The number of benzene rings is 2. The molecule has 0 aliphatic rings. The number of carbonyl (C=O) groups excluding carboxylic acids is 1. The molecule has 10 nitrogen and oxygen atoms in total. The molecule has 0 radical (unpaired) electrons. The Balaban J connectivity index is 2.15. The monoisotopic (exact) mass is 522 g/mol. The number of aromatic nitrogens is 3. The molecule has 3 rings (SSSR count). The summed E-state index contributed by atoms with van der Waals surface area (Å²) >= 11 is 0. The van der Waals surface area contributed by atoms with Crippen molar-refractivity contribution in [1.82, 2.24) is 19.7 Å². The van der Waals surface area contributed by atoms with E-state index < -0.39 is 41.1 Å². The first kappa shape index (κ1) is 27.5. The van der Waals surface area contributed by atoms with E-state index in [4.69, 9.17) is 14.2 Å². The van der Waals surface area contributed by atoms with Gasteiger partial charge >= 0.3 is 11.9 Å². The van der Waals surface area contributed by atoms with Crippen LogP contribution in [0.4, 0.5) is 13.2 Å². The minimum absolute atomic E-state index is 0.0329. The van der Waals surface area contributed by atoms with Crippen LogP contribution in [0.15, 0.2) is 52.1 Å². The van der Waals surface area contributed by atoms with Gasteiger partial charge in [-0.3, -0.25) is 14.2 Å². The van der Waals surface area contributed by atoms with Gasteiger partial charge in [-0.25, -0.2) is 4.79 Å². The van der Waals surface area contributed by atoms with E-state index in [1.807, 2.05) is 0 Å². The number of nitrogens with one attached hydrogen (secondary N) is 1. The molecule has 0 aliphatic carbocycles. The lowest BCUT2D eigenvalue weighted by Crippen LogP contribution is -2.46. The van der Waals surface area contributed by atoms with Crippen LogP contribution in [0.2, 0.25) is 0 Å². The van der Waals surface area contributed by atoms with Gasteiger partial charge in [0.2, 0.25) is 5.69 Å². The van der Waals surface area contributed by atoms with Crippen LogP contribution in [0.5, 0.6) is 11.5 Å². The molecular formula is C24H25F3N4O6. The maximum absolute atomic E-state index is 13.3.